The van der Waals surface area contributed by atoms with Crippen molar-refractivity contribution in [3.05, 3.63) is 52.4 Å². The number of aryl methyl sites for hydroxylation is 1. The topological polar surface area (TPSA) is 37.8 Å². The van der Waals surface area contributed by atoms with Crippen molar-refractivity contribution in [3.63, 3.8) is 0 Å². The molecule has 1 aliphatic carbocycles. The molecule has 1 saturated carbocycles. The molecule has 2 aromatic rings. The van der Waals surface area contributed by atoms with E-state index in [0.717, 1.165) is 17.0 Å². The molecule has 0 spiro atoms. The number of aromatic amines is 1. The average molecular weight is 292 g/mol. The van der Waals surface area contributed by atoms with Crippen molar-refractivity contribution in [3.8, 4) is 11.3 Å². The third-order valence-electron chi connectivity index (χ3n) is 4.36. The van der Waals surface area contributed by atoms with Crippen LogP contribution in [-0.4, -0.2) is 9.55 Å². The summed E-state index contributed by atoms with van der Waals surface area (Å²) in [6.07, 6.45) is 7.46. The van der Waals surface area contributed by atoms with Gasteiger partial charge in [-0.15, -0.1) is 0 Å². The molecule has 4 heteroatoms. The van der Waals surface area contributed by atoms with Crippen LogP contribution in [0.4, 0.5) is 0 Å². The van der Waals surface area contributed by atoms with Crippen LogP contribution >= 0.6 is 0 Å². The number of hydrogen-bond donors (Lipinski definition) is 1. The molecule has 3 nitrogen and oxygen atoms in total. The molecule has 1 unspecified atom stereocenters. The van der Waals surface area contributed by atoms with E-state index in [1.54, 1.807) is 4.57 Å². The summed E-state index contributed by atoms with van der Waals surface area (Å²) >= 11 is 0. The van der Waals surface area contributed by atoms with Gasteiger partial charge in [0.15, 0.2) is 0 Å². The van der Waals surface area contributed by atoms with Crippen molar-refractivity contribution < 1.29 is 29.6 Å². The van der Waals surface area contributed by atoms with Crippen molar-refractivity contribution in [2.75, 3.05) is 0 Å². The molecule has 0 aliphatic heterocycles. The number of benzene rings is 1. The second kappa shape index (κ2) is 6.99. The summed E-state index contributed by atoms with van der Waals surface area (Å²) in [5, 5.41) is 0. The zero-order chi connectivity index (χ0) is 14.1. The Kier molecular flexibility index (Phi) is 5.53. The largest absolute Gasteiger partial charge is 1.00 e. The molecule has 1 aliphatic rings. The van der Waals surface area contributed by atoms with Crippen molar-refractivity contribution in [1.82, 2.24) is 9.55 Å². The van der Waals surface area contributed by atoms with Gasteiger partial charge in [0, 0.05) is 18.3 Å². The van der Waals surface area contributed by atoms with E-state index in [0.29, 0.717) is 5.92 Å². The molecule has 1 N–H and O–H groups in total. The molecule has 21 heavy (non-hydrogen) atoms. The summed E-state index contributed by atoms with van der Waals surface area (Å²) in [4.78, 5) is 14.5. The van der Waals surface area contributed by atoms with Crippen LogP contribution < -0.4 is 35.2 Å². The first-order valence-electron chi connectivity index (χ1n) is 7.34. The fraction of sp³-hybridized carbons (Fsp3) is 0.412. The van der Waals surface area contributed by atoms with Crippen LogP contribution in [0, 0.1) is 13.3 Å². The SMILES string of the molecule is Cc1[nH]c(=O)n(C)c1-c1ccc(C2C[CH-]CCC2)cc1.[Na+]. The maximum absolute atomic E-state index is 11.7. The van der Waals surface area contributed by atoms with Crippen molar-refractivity contribution >= 4 is 0 Å². The van der Waals surface area contributed by atoms with Crippen LogP contribution in [0.15, 0.2) is 29.1 Å². The molecule has 1 fully saturated rings. The third kappa shape index (κ3) is 3.36. The molecule has 3 rings (SSSR count). The molecule has 1 atom stereocenters. The number of nitrogens with one attached hydrogen (secondary N) is 1. The molecule has 1 heterocycles. The first-order valence-corrected chi connectivity index (χ1v) is 7.34. The van der Waals surface area contributed by atoms with Gasteiger partial charge in [0.2, 0.25) is 0 Å². The third-order valence-corrected chi connectivity index (χ3v) is 4.36. The van der Waals surface area contributed by atoms with Gasteiger partial charge in [-0.1, -0.05) is 37.1 Å². The van der Waals surface area contributed by atoms with Gasteiger partial charge in [0.25, 0.3) is 0 Å². The maximum atomic E-state index is 11.7. The minimum absolute atomic E-state index is 0. The molecular formula is C17H21N2NaO. The van der Waals surface area contributed by atoms with E-state index < -0.39 is 0 Å². The Morgan fingerprint density at radius 2 is 2.00 bits per heavy atom. The van der Waals surface area contributed by atoms with Crippen LogP contribution in [0.3, 0.4) is 0 Å². The van der Waals surface area contributed by atoms with Gasteiger partial charge in [0.05, 0.1) is 5.69 Å². The molecule has 106 valence electrons. The smallest absolute Gasteiger partial charge is 0.328 e. The predicted molar refractivity (Wildman–Crippen MR) is 81.7 cm³/mol. The molecule has 0 amide bonds. The van der Waals surface area contributed by atoms with E-state index in [2.05, 4.69) is 35.7 Å². The molecule has 1 aromatic heterocycles. The fourth-order valence-electron chi connectivity index (χ4n) is 3.23. The molecule has 0 saturated heterocycles. The van der Waals surface area contributed by atoms with Gasteiger partial charge in [-0.3, -0.25) is 4.57 Å². The van der Waals surface area contributed by atoms with Crippen LogP contribution in [0.1, 0.15) is 42.9 Å². The minimum atomic E-state index is -0.0524. The van der Waals surface area contributed by atoms with E-state index in [1.807, 2.05) is 14.0 Å². The predicted octanol–water partition coefficient (Wildman–Crippen LogP) is 0.555. The summed E-state index contributed by atoms with van der Waals surface area (Å²) in [6.45, 7) is 1.95. The number of rotatable bonds is 2. The van der Waals surface area contributed by atoms with E-state index in [1.165, 1.54) is 31.2 Å². The second-order valence-electron chi connectivity index (χ2n) is 5.74. The van der Waals surface area contributed by atoms with Gasteiger partial charge in [-0.25, -0.2) is 4.79 Å². The second-order valence-corrected chi connectivity index (χ2v) is 5.74. The summed E-state index contributed by atoms with van der Waals surface area (Å²) in [6, 6.07) is 8.71. The van der Waals surface area contributed by atoms with Crippen molar-refractivity contribution in [1.29, 1.82) is 0 Å². The Balaban J connectivity index is 0.00000161. The molecule has 0 bridgehead atoms. The number of hydrogen-bond acceptors (Lipinski definition) is 1. The number of aromatic nitrogens is 2. The van der Waals surface area contributed by atoms with E-state index >= 15 is 0 Å². The van der Waals surface area contributed by atoms with Gasteiger partial charge in [-0.2, -0.15) is 12.8 Å². The Labute approximate surface area is 148 Å². The van der Waals surface area contributed by atoms with Crippen LogP contribution in [-0.2, 0) is 7.05 Å². The van der Waals surface area contributed by atoms with E-state index in [4.69, 9.17) is 0 Å². The molecule has 1 aromatic carbocycles. The normalized spacial score (nSPS) is 18.3. The minimum Gasteiger partial charge on any atom is -0.328 e. The number of nitrogens with zero attached hydrogens (tertiary/aromatic N) is 1. The number of H-pyrrole nitrogens is 1. The Morgan fingerprint density at radius 3 is 2.52 bits per heavy atom. The summed E-state index contributed by atoms with van der Waals surface area (Å²) in [7, 11) is 1.81. The zero-order valence-corrected chi connectivity index (χ0v) is 15.1. The van der Waals surface area contributed by atoms with Crippen LogP contribution in [0.25, 0.3) is 11.3 Å². The van der Waals surface area contributed by atoms with Gasteiger partial charge in [0.1, 0.15) is 0 Å². The van der Waals surface area contributed by atoms with Crippen molar-refractivity contribution in [2.45, 2.75) is 38.5 Å². The average Bonchev–Trinajstić information content (AvgIpc) is 2.73. The van der Waals surface area contributed by atoms with Gasteiger partial charge in [-0.05, 0) is 18.4 Å². The number of imidazole rings is 1. The summed E-state index contributed by atoms with van der Waals surface area (Å²) < 4.78 is 1.68. The summed E-state index contributed by atoms with van der Waals surface area (Å²) in [5.41, 5.74) is 4.38. The zero-order valence-electron chi connectivity index (χ0n) is 13.1. The Bertz CT molecular complexity index is 648. The summed E-state index contributed by atoms with van der Waals surface area (Å²) in [5.74, 6) is 0.675. The maximum Gasteiger partial charge on any atom is 1.00 e. The van der Waals surface area contributed by atoms with Crippen LogP contribution in [0.5, 0.6) is 0 Å². The quantitative estimate of drug-likeness (QED) is 0.637. The van der Waals surface area contributed by atoms with Crippen LogP contribution in [0.2, 0.25) is 0 Å². The standard InChI is InChI=1S/C17H21N2O.Na/c1-12-16(19(2)17(20)18-12)15-10-8-14(9-11-15)13-6-4-3-5-7-13;/h4,8-11,13H,3,5-7H2,1-2H3,(H,18,20);/q-1;+1. The Morgan fingerprint density at radius 1 is 1.29 bits per heavy atom. The Hall–Kier alpha value is -0.770. The fourth-order valence-corrected chi connectivity index (χ4v) is 3.23. The molecule has 0 radical (unpaired) electrons. The van der Waals surface area contributed by atoms with Gasteiger partial charge < -0.3 is 11.4 Å². The monoisotopic (exact) mass is 292 g/mol. The van der Waals surface area contributed by atoms with Crippen molar-refractivity contribution in [2.24, 2.45) is 7.05 Å². The first kappa shape index (κ1) is 16.6. The van der Waals surface area contributed by atoms with E-state index in [-0.39, 0.29) is 35.2 Å². The molecular weight excluding hydrogens is 271 g/mol. The van der Waals surface area contributed by atoms with E-state index in [9.17, 15) is 4.79 Å². The van der Waals surface area contributed by atoms with Gasteiger partial charge >= 0.3 is 35.2 Å². The first-order chi connectivity index (χ1) is 9.66.